The smallest absolute Gasteiger partial charge is 1.00 e. The Labute approximate surface area is 82.0 Å². The van der Waals surface area contributed by atoms with Crippen molar-refractivity contribution >= 4 is 34.8 Å². The van der Waals surface area contributed by atoms with E-state index in [1.54, 1.807) is 4.42 Å². The van der Waals surface area contributed by atoms with Crippen LogP contribution in [0.3, 0.4) is 0 Å². The summed E-state index contributed by atoms with van der Waals surface area (Å²) >= 11 is 5.77. The molecule has 0 bridgehead atoms. The van der Waals surface area contributed by atoms with Gasteiger partial charge < -0.3 is 2.85 Å². The molecule has 3 heteroatoms. The predicted octanol–water partition coefficient (Wildman–Crippen LogP) is 2.10. The molecule has 0 aliphatic heterocycles. The number of halogens is 1. The average molecular weight is 162 g/mol. The van der Waals surface area contributed by atoms with Crippen molar-refractivity contribution in [3.63, 3.8) is 0 Å². The molecule has 0 N–H and O–H groups in total. The summed E-state index contributed by atoms with van der Waals surface area (Å²) in [5, 5.41) is 0. The van der Waals surface area contributed by atoms with E-state index in [2.05, 4.69) is 20.8 Å². The van der Waals surface area contributed by atoms with Crippen LogP contribution < -0.4 is 0 Å². The summed E-state index contributed by atoms with van der Waals surface area (Å²) in [5.41, 5.74) is 0.107. The second kappa shape index (κ2) is 4.77. The van der Waals surface area contributed by atoms with E-state index < -0.39 is 0 Å². The standard InChI is InChI=1S/C6H14ClN.Mg.2H/c1-5-8(7)6(2,3)4;;;/h5H2,1-4H3;;;/q;+2;2*-1. The van der Waals surface area contributed by atoms with Gasteiger partial charge in [0.1, 0.15) is 0 Å². The average Bonchev–Trinajstić information content (AvgIpc) is 1.62. The molecule has 0 amide bonds. The van der Waals surface area contributed by atoms with Gasteiger partial charge in [0.15, 0.2) is 0 Å². The molecule has 0 saturated carbocycles. The van der Waals surface area contributed by atoms with Gasteiger partial charge in [0.25, 0.3) is 0 Å². The monoisotopic (exact) mass is 161 g/mol. The Balaban J connectivity index is -0.0000000817. The third-order valence-electron chi connectivity index (χ3n) is 1.01. The van der Waals surface area contributed by atoms with Crippen molar-refractivity contribution in [2.45, 2.75) is 33.2 Å². The molecule has 0 aliphatic rings. The molecule has 0 aliphatic carbocycles. The number of hydrogen-bond acceptors (Lipinski definition) is 1. The maximum atomic E-state index is 5.77. The molecular weight excluding hydrogens is 146 g/mol. The van der Waals surface area contributed by atoms with Crippen LogP contribution in [0.5, 0.6) is 0 Å². The molecule has 0 heterocycles. The van der Waals surface area contributed by atoms with Crippen molar-refractivity contribution in [1.29, 1.82) is 0 Å². The van der Waals surface area contributed by atoms with E-state index in [9.17, 15) is 0 Å². The van der Waals surface area contributed by atoms with Gasteiger partial charge in [-0.25, -0.2) is 4.42 Å². The Morgan fingerprint density at radius 2 is 1.78 bits per heavy atom. The quantitative estimate of drug-likeness (QED) is 0.421. The summed E-state index contributed by atoms with van der Waals surface area (Å²) in [7, 11) is 0. The van der Waals surface area contributed by atoms with Crippen molar-refractivity contribution in [2.24, 2.45) is 0 Å². The number of hydrogen-bond donors (Lipinski definition) is 0. The summed E-state index contributed by atoms with van der Waals surface area (Å²) in [6.45, 7) is 9.19. The van der Waals surface area contributed by atoms with Gasteiger partial charge in [0.2, 0.25) is 0 Å². The largest absolute Gasteiger partial charge is 2.00 e. The maximum absolute atomic E-state index is 5.77. The van der Waals surface area contributed by atoms with Gasteiger partial charge >= 0.3 is 23.1 Å². The molecule has 0 saturated heterocycles. The van der Waals surface area contributed by atoms with Gasteiger partial charge in [0.05, 0.1) is 0 Å². The molecule has 54 valence electrons. The summed E-state index contributed by atoms with van der Waals surface area (Å²) < 4.78 is 1.78. The number of nitrogens with zero attached hydrogens (tertiary/aromatic N) is 1. The SMILES string of the molecule is CCN(Cl)C(C)(C)C.[H-].[H-].[Mg+2]. The zero-order valence-corrected chi connectivity index (χ0v) is 8.91. The Hall–Kier alpha value is 1.02. The predicted molar refractivity (Wildman–Crippen MR) is 46.0 cm³/mol. The van der Waals surface area contributed by atoms with Crippen LogP contribution in [0.4, 0.5) is 0 Å². The van der Waals surface area contributed by atoms with E-state index in [1.165, 1.54) is 0 Å². The second-order valence-electron chi connectivity index (χ2n) is 2.85. The van der Waals surface area contributed by atoms with E-state index in [0.29, 0.717) is 0 Å². The zero-order chi connectivity index (χ0) is 6.78. The topological polar surface area (TPSA) is 3.24 Å². The van der Waals surface area contributed by atoms with Crippen LogP contribution in [-0.2, 0) is 0 Å². The fourth-order valence-electron chi connectivity index (χ4n) is 0.474. The molecule has 0 fully saturated rings. The van der Waals surface area contributed by atoms with Crippen LogP contribution in [-0.4, -0.2) is 39.6 Å². The normalized spacial score (nSPS) is 11.3. The van der Waals surface area contributed by atoms with Crippen LogP contribution in [0.25, 0.3) is 0 Å². The van der Waals surface area contributed by atoms with Crippen LogP contribution >= 0.6 is 11.8 Å². The van der Waals surface area contributed by atoms with Crippen LogP contribution in [0.2, 0.25) is 0 Å². The summed E-state index contributed by atoms with van der Waals surface area (Å²) in [6.07, 6.45) is 0. The van der Waals surface area contributed by atoms with E-state index in [1.807, 2.05) is 6.92 Å². The first-order chi connectivity index (χ1) is 3.48. The van der Waals surface area contributed by atoms with Gasteiger partial charge in [-0.05, 0) is 32.5 Å². The van der Waals surface area contributed by atoms with Crippen LogP contribution in [0.1, 0.15) is 30.5 Å². The van der Waals surface area contributed by atoms with Crippen molar-refractivity contribution < 1.29 is 2.85 Å². The molecule has 0 aromatic rings. The molecule has 1 nitrogen and oxygen atoms in total. The first kappa shape index (κ1) is 12.7. The maximum Gasteiger partial charge on any atom is 2.00 e. The molecule has 0 rings (SSSR count). The Bertz CT molecular complexity index is 77.5. The fraction of sp³-hybridized carbons (Fsp3) is 1.00. The van der Waals surface area contributed by atoms with E-state index in [0.717, 1.165) is 6.54 Å². The Kier molecular flexibility index (Phi) is 6.72. The Morgan fingerprint density at radius 3 is 1.78 bits per heavy atom. The molecular formula is C6H16ClMgN. The first-order valence-corrected chi connectivity index (χ1v) is 3.25. The second-order valence-corrected chi connectivity index (χ2v) is 3.26. The Morgan fingerprint density at radius 1 is 1.44 bits per heavy atom. The number of rotatable bonds is 1. The van der Waals surface area contributed by atoms with Gasteiger partial charge in [-0.1, -0.05) is 6.92 Å². The molecule has 0 aromatic carbocycles. The molecule has 0 radical (unpaired) electrons. The summed E-state index contributed by atoms with van der Waals surface area (Å²) in [5.74, 6) is 0. The van der Waals surface area contributed by atoms with Crippen molar-refractivity contribution in [3.05, 3.63) is 0 Å². The minimum Gasteiger partial charge on any atom is -1.00 e. The van der Waals surface area contributed by atoms with Crippen LogP contribution in [0.15, 0.2) is 0 Å². The summed E-state index contributed by atoms with van der Waals surface area (Å²) in [4.78, 5) is 0. The van der Waals surface area contributed by atoms with Crippen molar-refractivity contribution in [2.75, 3.05) is 6.54 Å². The third kappa shape index (κ3) is 5.46. The molecule has 9 heavy (non-hydrogen) atoms. The van der Waals surface area contributed by atoms with E-state index in [-0.39, 0.29) is 31.4 Å². The van der Waals surface area contributed by atoms with Gasteiger partial charge in [-0.15, -0.1) is 0 Å². The minimum absolute atomic E-state index is 0. The minimum atomic E-state index is 0. The van der Waals surface area contributed by atoms with Gasteiger partial charge in [-0.3, -0.25) is 0 Å². The van der Waals surface area contributed by atoms with Gasteiger partial charge in [-0.2, -0.15) is 0 Å². The van der Waals surface area contributed by atoms with E-state index >= 15 is 0 Å². The zero-order valence-electron chi connectivity index (χ0n) is 8.74. The van der Waals surface area contributed by atoms with E-state index in [4.69, 9.17) is 11.8 Å². The molecule has 0 spiro atoms. The van der Waals surface area contributed by atoms with Crippen molar-refractivity contribution in [1.82, 2.24) is 4.42 Å². The molecule has 0 atom stereocenters. The third-order valence-corrected chi connectivity index (χ3v) is 1.75. The van der Waals surface area contributed by atoms with Crippen LogP contribution in [0, 0.1) is 0 Å². The van der Waals surface area contributed by atoms with Crippen molar-refractivity contribution in [3.8, 4) is 0 Å². The van der Waals surface area contributed by atoms with Gasteiger partial charge in [0, 0.05) is 12.1 Å². The molecule has 0 unspecified atom stereocenters. The first-order valence-electron chi connectivity index (χ1n) is 2.92. The fourth-order valence-corrected chi connectivity index (χ4v) is 0.474. The summed E-state index contributed by atoms with van der Waals surface area (Å²) in [6, 6.07) is 0. The molecule has 0 aromatic heterocycles.